The molecular formula is C24H26F5N5O. The molecule has 1 aliphatic heterocycles. The molecule has 0 radical (unpaired) electrons. The second-order valence-corrected chi connectivity index (χ2v) is 8.84. The van der Waals surface area contributed by atoms with E-state index in [9.17, 15) is 27.1 Å². The summed E-state index contributed by atoms with van der Waals surface area (Å²) in [6.07, 6.45) is -0.343. The second kappa shape index (κ2) is 9.90. The number of rotatable bonds is 7. The van der Waals surface area contributed by atoms with Crippen molar-refractivity contribution in [1.29, 1.82) is 0 Å². The van der Waals surface area contributed by atoms with Crippen molar-refractivity contribution in [3.05, 3.63) is 77.9 Å². The molecule has 1 fully saturated rings. The summed E-state index contributed by atoms with van der Waals surface area (Å²) in [5.74, 6) is -1.61. The molecule has 1 saturated heterocycles. The van der Waals surface area contributed by atoms with Crippen molar-refractivity contribution in [3.8, 4) is 0 Å². The van der Waals surface area contributed by atoms with Crippen LogP contribution >= 0.6 is 0 Å². The maximum atomic E-state index is 14.7. The van der Waals surface area contributed by atoms with E-state index in [2.05, 4.69) is 15.4 Å². The fraction of sp³-hybridized carbons (Fsp3) is 0.417. The number of aliphatic hydroxyl groups is 1. The summed E-state index contributed by atoms with van der Waals surface area (Å²) in [5.41, 5.74) is -1.79. The molecule has 0 amide bonds. The van der Waals surface area contributed by atoms with Crippen LogP contribution in [-0.2, 0) is 18.3 Å². The van der Waals surface area contributed by atoms with Crippen molar-refractivity contribution in [3.63, 3.8) is 0 Å². The van der Waals surface area contributed by atoms with Crippen LogP contribution in [0.25, 0.3) is 0 Å². The van der Waals surface area contributed by atoms with E-state index in [0.717, 1.165) is 24.3 Å². The Morgan fingerprint density at radius 1 is 1.09 bits per heavy atom. The summed E-state index contributed by atoms with van der Waals surface area (Å²) in [7, 11) is 0. The number of hydrogen-bond donors (Lipinski definition) is 2. The number of nitrogens with zero attached hydrogens (tertiary/aromatic N) is 4. The van der Waals surface area contributed by atoms with Crippen LogP contribution in [-0.4, -0.2) is 45.0 Å². The predicted octanol–water partition coefficient (Wildman–Crippen LogP) is 4.11. The van der Waals surface area contributed by atoms with Crippen LogP contribution in [0, 0.1) is 11.6 Å². The molecule has 0 aliphatic carbocycles. The first kappa shape index (κ1) is 25.1. The smallest absolute Gasteiger partial charge is 0.381 e. The molecule has 188 valence electrons. The quantitative estimate of drug-likeness (QED) is 0.483. The zero-order valence-corrected chi connectivity index (χ0v) is 19.0. The third-order valence-electron chi connectivity index (χ3n) is 6.52. The Labute approximate surface area is 199 Å². The number of aromatic nitrogens is 3. The zero-order chi connectivity index (χ0) is 25.2. The van der Waals surface area contributed by atoms with Crippen LogP contribution in [0.3, 0.4) is 0 Å². The summed E-state index contributed by atoms with van der Waals surface area (Å²) in [6.45, 7) is 2.82. The summed E-state index contributed by atoms with van der Waals surface area (Å²) < 4.78 is 68.1. The van der Waals surface area contributed by atoms with Gasteiger partial charge >= 0.3 is 6.18 Å². The molecule has 2 atom stereocenters. The van der Waals surface area contributed by atoms with Crippen LogP contribution < -0.4 is 10.2 Å². The van der Waals surface area contributed by atoms with Crippen molar-refractivity contribution in [2.45, 2.75) is 50.2 Å². The van der Waals surface area contributed by atoms with Crippen LogP contribution in [0.5, 0.6) is 0 Å². The summed E-state index contributed by atoms with van der Waals surface area (Å²) in [5, 5.41) is 19.0. The summed E-state index contributed by atoms with van der Waals surface area (Å²) in [6, 6.07) is 7.47. The molecule has 2 N–H and O–H groups in total. The number of hydrogen-bond acceptors (Lipinski definition) is 5. The maximum Gasteiger partial charge on any atom is 0.416 e. The molecular weight excluding hydrogens is 469 g/mol. The van der Waals surface area contributed by atoms with Crippen molar-refractivity contribution < 1.29 is 27.1 Å². The molecule has 35 heavy (non-hydrogen) atoms. The Morgan fingerprint density at radius 2 is 1.77 bits per heavy atom. The Hall–Kier alpha value is -3.05. The average molecular weight is 495 g/mol. The van der Waals surface area contributed by atoms with Gasteiger partial charge in [0.2, 0.25) is 0 Å². The van der Waals surface area contributed by atoms with Gasteiger partial charge in [0.15, 0.2) is 0 Å². The van der Waals surface area contributed by atoms with E-state index in [4.69, 9.17) is 0 Å². The summed E-state index contributed by atoms with van der Waals surface area (Å²) in [4.78, 5) is 5.87. The van der Waals surface area contributed by atoms with E-state index >= 15 is 0 Å². The van der Waals surface area contributed by atoms with E-state index in [-0.39, 0.29) is 18.2 Å². The second-order valence-electron chi connectivity index (χ2n) is 8.84. The first-order valence-electron chi connectivity index (χ1n) is 11.2. The maximum absolute atomic E-state index is 14.7. The fourth-order valence-corrected chi connectivity index (χ4v) is 4.51. The highest BCUT2D eigenvalue weighted by Crippen LogP contribution is 2.33. The molecule has 0 bridgehead atoms. The molecule has 3 aromatic rings. The van der Waals surface area contributed by atoms with E-state index in [1.54, 1.807) is 6.92 Å². The minimum atomic E-state index is -4.38. The highest BCUT2D eigenvalue weighted by Gasteiger charge is 2.40. The number of anilines is 1. The van der Waals surface area contributed by atoms with Gasteiger partial charge in [-0.05, 0) is 50.1 Å². The van der Waals surface area contributed by atoms with Crippen LogP contribution in [0.1, 0.15) is 30.9 Å². The van der Waals surface area contributed by atoms with E-state index in [0.29, 0.717) is 31.6 Å². The van der Waals surface area contributed by atoms with Gasteiger partial charge in [0.05, 0.1) is 12.1 Å². The molecule has 1 aliphatic rings. The lowest BCUT2D eigenvalue weighted by Gasteiger charge is -2.40. The lowest BCUT2D eigenvalue weighted by molar-refractivity contribution is -0.137. The predicted molar refractivity (Wildman–Crippen MR) is 120 cm³/mol. The molecule has 11 heteroatoms. The first-order chi connectivity index (χ1) is 16.6. The molecule has 2 heterocycles. The van der Waals surface area contributed by atoms with Gasteiger partial charge in [-0.25, -0.2) is 18.4 Å². The number of halogens is 5. The van der Waals surface area contributed by atoms with E-state index in [1.165, 1.54) is 35.5 Å². The van der Waals surface area contributed by atoms with E-state index < -0.39 is 35.0 Å². The Bertz CT molecular complexity index is 1110. The van der Waals surface area contributed by atoms with Crippen LogP contribution in [0.2, 0.25) is 0 Å². The van der Waals surface area contributed by atoms with Gasteiger partial charge in [-0.1, -0.05) is 6.07 Å². The number of nitrogens with one attached hydrogen (secondary N) is 1. The van der Waals surface area contributed by atoms with Gasteiger partial charge in [-0.15, -0.1) is 0 Å². The highest BCUT2D eigenvalue weighted by molar-refractivity contribution is 5.48. The van der Waals surface area contributed by atoms with Crippen LogP contribution in [0.4, 0.5) is 27.6 Å². The summed E-state index contributed by atoms with van der Waals surface area (Å²) >= 11 is 0. The first-order valence-corrected chi connectivity index (χ1v) is 11.2. The molecule has 0 saturated carbocycles. The zero-order valence-electron chi connectivity index (χ0n) is 19.0. The van der Waals surface area contributed by atoms with Gasteiger partial charge in [0.1, 0.15) is 29.9 Å². The SMILES string of the molecule is C[C@@H](NC1CCN(c2ccc(C(F)(F)F)cc2)CC1)[C@](O)(Cn1cncn1)c1ccc(F)cc1F. The fourth-order valence-electron chi connectivity index (χ4n) is 4.51. The minimum absolute atomic E-state index is 0.0264. The van der Waals surface area contributed by atoms with Gasteiger partial charge in [0, 0.05) is 42.5 Å². The van der Waals surface area contributed by atoms with Crippen molar-refractivity contribution in [2.24, 2.45) is 0 Å². The lowest BCUT2D eigenvalue weighted by Crippen LogP contribution is -2.55. The van der Waals surface area contributed by atoms with Gasteiger partial charge in [-0.2, -0.15) is 18.3 Å². The van der Waals surface area contributed by atoms with Gasteiger partial charge in [-0.3, -0.25) is 0 Å². The number of piperidine rings is 1. The largest absolute Gasteiger partial charge is 0.416 e. The number of alkyl halides is 3. The highest BCUT2D eigenvalue weighted by atomic mass is 19.4. The molecule has 1 aromatic heterocycles. The lowest BCUT2D eigenvalue weighted by atomic mass is 9.85. The van der Waals surface area contributed by atoms with Gasteiger partial charge in [0.25, 0.3) is 0 Å². The van der Waals surface area contributed by atoms with Crippen molar-refractivity contribution in [1.82, 2.24) is 20.1 Å². The molecule has 0 spiro atoms. The van der Waals surface area contributed by atoms with Gasteiger partial charge < -0.3 is 15.3 Å². The Morgan fingerprint density at radius 3 is 2.34 bits per heavy atom. The molecule has 6 nitrogen and oxygen atoms in total. The van der Waals surface area contributed by atoms with Crippen molar-refractivity contribution in [2.75, 3.05) is 18.0 Å². The Balaban J connectivity index is 1.44. The topological polar surface area (TPSA) is 66.2 Å². The third-order valence-corrected chi connectivity index (χ3v) is 6.52. The monoisotopic (exact) mass is 495 g/mol. The average Bonchev–Trinajstić information content (AvgIpc) is 3.31. The minimum Gasteiger partial charge on any atom is -0.381 e. The van der Waals surface area contributed by atoms with Crippen molar-refractivity contribution >= 4 is 5.69 Å². The number of benzene rings is 2. The normalized spacial score (nSPS) is 17.9. The van der Waals surface area contributed by atoms with Crippen LogP contribution in [0.15, 0.2) is 55.1 Å². The Kier molecular flexibility index (Phi) is 7.09. The molecule has 4 rings (SSSR count). The molecule has 0 unspecified atom stereocenters. The van der Waals surface area contributed by atoms with E-state index in [1.807, 2.05) is 4.90 Å². The molecule has 2 aromatic carbocycles. The standard InChI is InChI=1S/C24H26F5N5O/c1-16(23(35,13-34-15-30-14-31-34)21-7-4-18(25)12-22(21)26)32-19-8-10-33(11-9-19)20-5-2-17(3-6-20)24(27,28)29/h2-7,12,14-16,19,32,35H,8-11,13H2,1H3/t16-,23-/m1/s1. The third kappa shape index (κ3) is 5.62.